The molecule has 4 nitrogen and oxygen atoms in total. The zero-order valence-corrected chi connectivity index (χ0v) is 13.7. The Morgan fingerprint density at radius 2 is 0.900 bits per heavy atom. The Labute approximate surface area is 123 Å². The molecule has 0 atom stereocenters. The van der Waals surface area contributed by atoms with Gasteiger partial charge in [0.2, 0.25) is 0 Å². The number of rotatable bonds is 7. The van der Waals surface area contributed by atoms with E-state index in [0.29, 0.717) is 12.8 Å². The molecule has 6 heteroatoms. The van der Waals surface area contributed by atoms with E-state index >= 15 is 0 Å². The van der Waals surface area contributed by atoms with E-state index in [1.54, 1.807) is 0 Å². The Morgan fingerprint density at radius 3 is 1.20 bits per heavy atom. The third-order valence-electron chi connectivity index (χ3n) is 4.73. The van der Waals surface area contributed by atoms with Crippen molar-refractivity contribution in [3.8, 4) is 0 Å². The molecule has 0 bridgehead atoms. The second kappa shape index (κ2) is 6.77. The molecule has 2 aliphatic rings. The Balaban J connectivity index is 1.73. The van der Waals surface area contributed by atoms with Crippen LogP contribution < -0.4 is 0 Å². The topological polar surface area (TPSA) is 68.3 Å². The summed E-state index contributed by atoms with van der Waals surface area (Å²) in [7, 11) is -5.98. The predicted octanol–water partition coefficient (Wildman–Crippen LogP) is 2.48. The van der Waals surface area contributed by atoms with Crippen molar-refractivity contribution >= 4 is 19.7 Å². The zero-order valence-electron chi connectivity index (χ0n) is 12.1. The first-order valence-corrected chi connectivity index (χ1v) is 11.3. The smallest absolute Gasteiger partial charge is 0.153 e. The molecule has 0 heterocycles. The fourth-order valence-electron chi connectivity index (χ4n) is 3.43. The van der Waals surface area contributed by atoms with Crippen molar-refractivity contribution in [3.63, 3.8) is 0 Å². The van der Waals surface area contributed by atoms with Gasteiger partial charge in [-0.3, -0.25) is 0 Å². The molecule has 0 aromatic carbocycles. The van der Waals surface area contributed by atoms with Gasteiger partial charge in [-0.05, 0) is 38.5 Å². The average Bonchev–Trinajstić information content (AvgIpc) is 3.05. The van der Waals surface area contributed by atoms with E-state index in [9.17, 15) is 16.8 Å². The van der Waals surface area contributed by atoms with Crippen molar-refractivity contribution in [2.45, 2.75) is 74.7 Å². The molecular formula is C14H26O4S2. The third-order valence-corrected chi connectivity index (χ3v) is 9.42. The highest BCUT2D eigenvalue weighted by Gasteiger charge is 2.30. The summed E-state index contributed by atoms with van der Waals surface area (Å²) in [6, 6.07) is 0. The molecule has 0 aromatic heterocycles. The summed E-state index contributed by atoms with van der Waals surface area (Å²) in [5.74, 6) is 0.329. The maximum atomic E-state index is 12.1. The van der Waals surface area contributed by atoms with Crippen LogP contribution in [-0.2, 0) is 19.7 Å². The van der Waals surface area contributed by atoms with Crippen LogP contribution in [0.4, 0.5) is 0 Å². The fraction of sp³-hybridized carbons (Fsp3) is 1.00. The van der Waals surface area contributed by atoms with Gasteiger partial charge < -0.3 is 0 Å². The van der Waals surface area contributed by atoms with Gasteiger partial charge in [-0.25, -0.2) is 16.8 Å². The quantitative estimate of drug-likeness (QED) is 0.675. The lowest BCUT2D eigenvalue weighted by Gasteiger charge is -2.12. The number of unbranched alkanes of at least 4 members (excludes halogenated alkanes) is 1. The van der Waals surface area contributed by atoms with Crippen LogP contribution >= 0.6 is 0 Å². The highest BCUT2D eigenvalue weighted by molar-refractivity contribution is 7.92. The van der Waals surface area contributed by atoms with E-state index in [4.69, 9.17) is 0 Å². The van der Waals surface area contributed by atoms with Crippen molar-refractivity contribution in [2.75, 3.05) is 11.5 Å². The molecule has 0 N–H and O–H groups in total. The molecule has 0 radical (unpaired) electrons. The molecule has 0 aliphatic heterocycles. The molecule has 118 valence electrons. The molecule has 0 amide bonds. The summed E-state index contributed by atoms with van der Waals surface area (Å²) >= 11 is 0. The molecule has 2 fully saturated rings. The first kappa shape index (κ1) is 16.3. The molecule has 20 heavy (non-hydrogen) atoms. The number of hydrogen-bond acceptors (Lipinski definition) is 4. The van der Waals surface area contributed by atoms with E-state index in [0.717, 1.165) is 51.4 Å². The van der Waals surface area contributed by atoms with E-state index in [-0.39, 0.29) is 22.0 Å². The van der Waals surface area contributed by atoms with Crippen molar-refractivity contribution in [1.82, 2.24) is 0 Å². The van der Waals surface area contributed by atoms with E-state index in [1.165, 1.54) is 0 Å². The minimum Gasteiger partial charge on any atom is -0.229 e. The Morgan fingerprint density at radius 1 is 0.600 bits per heavy atom. The standard InChI is InChI=1S/C14H26O4S2/c15-19(16,13-7-1-2-8-13)11-5-6-12-20(17,18)14-9-3-4-10-14/h13-14H,1-12H2. The average molecular weight is 322 g/mol. The molecule has 2 saturated carbocycles. The highest BCUT2D eigenvalue weighted by Crippen LogP contribution is 2.27. The number of sulfone groups is 2. The van der Waals surface area contributed by atoms with Crippen LogP contribution in [0.3, 0.4) is 0 Å². The van der Waals surface area contributed by atoms with Crippen molar-refractivity contribution < 1.29 is 16.8 Å². The summed E-state index contributed by atoms with van der Waals surface area (Å²) < 4.78 is 48.3. The minimum atomic E-state index is -2.99. The zero-order chi connectivity index (χ0) is 14.6. The molecular weight excluding hydrogens is 296 g/mol. The van der Waals surface area contributed by atoms with Gasteiger partial charge in [0.25, 0.3) is 0 Å². The SMILES string of the molecule is O=S(=O)(CCCCS(=O)(=O)C1CCCC1)C1CCCC1. The second-order valence-corrected chi connectivity index (χ2v) is 11.1. The van der Waals surface area contributed by atoms with Crippen LogP contribution in [0.1, 0.15) is 64.2 Å². The van der Waals surface area contributed by atoms with Gasteiger partial charge >= 0.3 is 0 Å². The molecule has 2 aliphatic carbocycles. The van der Waals surface area contributed by atoms with Crippen molar-refractivity contribution in [1.29, 1.82) is 0 Å². The van der Waals surface area contributed by atoms with Gasteiger partial charge in [0.05, 0.1) is 22.0 Å². The highest BCUT2D eigenvalue weighted by atomic mass is 32.2. The third kappa shape index (κ3) is 4.20. The van der Waals surface area contributed by atoms with E-state index in [2.05, 4.69) is 0 Å². The number of hydrogen-bond donors (Lipinski definition) is 0. The van der Waals surface area contributed by atoms with Crippen LogP contribution in [0.5, 0.6) is 0 Å². The Hall–Kier alpha value is -0.100. The van der Waals surface area contributed by atoms with Crippen molar-refractivity contribution in [3.05, 3.63) is 0 Å². The van der Waals surface area contributed by atoms with Gasteiger partial charge in [0, 0.05) is 0 Å². The van der Waals surface area contributed by atoms with Gasteiger partial charge in [0.1, 0.15) is 0 Å². The fourth-order valence-corrected chi connectivity index (χ4v) is 7.42. The maximum absolute atomic E-state index is 12.1. The van der Waals surface area contributed by atoms with Gasteiger partial charge in [-0.15, -0.1) is 0 Å². The minimum absolute atomic E-state index is 0.158. The largest absolute Gasteiger partial charge is 0.229 e. The lowest BCUT2D eigenvalue weighted by Crippen LogP contribution is -2.23. The predicted molar refractivity (Wildman–Crippen MR) is 81.3 cm³/mol. The lowest BCUT2D eigenvalue weighted by molar-refractivity contribution is 0.569. The first-order chi connectivity index (χ1) is 9.42. The van der Waals surface area contributed by atoms with Gasteiger partial charge in [0.15, 0.2) is 19.7 Å². The van der Waals surface area contributed by atoms with Crippen LogP contribution in [0, 0.1) is 0 Å². The molecule has 0 unspecified atom stereocenters. The second-order valence-electron chi connectivity index (χ2n) is 6.25. The Bertz CT molecular complexity index is 447. The Kier molecular flexibility index (Phi) is 5.51. The van der Waals surface area contributed by atoms with Crippen LogP contribution in [0.15, 0.2) is 0 Å². The lowest BCUT2D eigenvalue weighted by atomic mass is 10.4. The van der Waals surface area contributed by atoms with Crippen LogP contribution in [-0.4, -0.2) is 38.8 Å². The summed E-state index contributed by atoms with van der Waals surface area (Å²) in [6.07, 6.45) is 8.21. The summed E-state index contributed by atoms with van der Waals surface area (Å²) in [4.78, 5) is 0. The summed E-state index contributed by atoms with van der Waals surface area (Å²) in [5.41, 5.74) is 0. The maximum Gasteiger partial charge on any atom is 0.153 e. The van der Waals surface area contributed by atoms with Crippen LogP contribution in [0.25, 0.3) is 0 Å². The summed E-state index contributed by atoms with van der Waals surface area (Å²) in [6.45, 7) is 0. The van der Waals surface area contributed by atoms with Crippen molar-refractivity contribution in [2.24, 2.45) is 0 Å². The van der Waals surface area contributed by atoms with Crippen LogP contribution in [0.2, 0.25) is 0 Å². The molecule has 0 spiro atoms. The molecule has 2 rings (SSSR count). The van der Waals surface area contributed by atoms with Gasteiger partial charge in [-0.1, -0.05) is 25.7 Å². The molecule has 0 saturated heterocycles. The van der Waals surface area contributed by atoms with E-state index < -0.39 is 19.7 Å². The molecule has 0 aromatic rings. The monoisotopic (exact) mass is 322 g/mol. The van der Waals surface area contributed by atoms with Gasteiger partial charge in [-0.2, -0.15) is 0 Å². The summed E-state index contributed by atoms with van der Waals surface area (Å²) in [5, 5.41) is -0.317. The normalized spacial score (nSPS) is 22.6. The van der Waals surface area contributed by atoms with E-state index in [1.807, 2.05) is 0 Å². The first-order valence-electron chi connectivity index (χ1n) is 7.85.